The van der Waals surface area contributed by atoms with Gasteiger partial charge in [-0.25, -0.2) is 9.97 Å². The number of aromatic nitrogens is 2. The molecule has 0 aliphatic heterocycles. The van der Waals surface area contributed by atoms with E-state index in [1.54, 1.807) is 22.7 Å². The van der Waals surface area contributed by atoms with Crippen LogP contribution >= 0.6 is 22.7 Å². The third-order valence-electron chi connectivity index (χ3n) is 1.90. The van der Waals surface area contributed by atoms with Gasteiger partial charge in [0, 0.05) is 29.2 Å². The highest BCUT2D eigenvalue weighted by Crippen LogP contribution is 2.25. The zero-order valence-corrected chi connectivity index (χ0v) is 10.3. The summed E-state index contributed by atoms with van der Waals surface area (Å²) in [6.45, 7) is 4.27. The second-order valence-corrected chi connectivity index (χ2v) is 5.35. The van der Waals surface area contributed by atoms with Gasteiger partial charge in [-0.15, -0.1) is 22.7 Å². The van der Waals surface area contributed by atoms with Crippen molar-refractivity contribution in [2.24, 2.45) is 0 Å². The van der Waals surface area contributed by atoms with Gasteiger partial charge in [0.05, 0.1) is 0 Å². The van der Waals surface area contributed by atoms with Crippen LogP contribution in [0.1, 0.15) is 29.9 Å². The van der Waals surface area contributed by atoms with Gasteiger partial charge in [0.1, 0.15) is 16.1 Å². The van der Waals surface area contributed by atoms with Crippen LogP contribution in [0.4, 0.5) is 0 Å². The molecule has 0 atom stereocenters. The first kappa shape index (κ1) is 10.7. The van der Waals surface area contributed by atoms with E-state index < -0.39 is 0 Å². The SMILES string of the molecule is CC(C)NC(c1nccs1)c1nccs1. The molecule has 0 fully saturated rings. The van der Waals surface area contributed by atoms with Crippen molar-refractivity contribution < 1.29 is 0 Å². The summed E-state index contributed by atoms with van der Waals surface area (Å²) < 4.78 is 0. The summed E-state index contributed by atoms with van der Waals surface area (Å²) in [6, 6.07) is 0.563. The molecule has 2 aromatic rings. The van der Waals surface area contributed by atoms with Crippen LogP contribution in [0.15, 0.2) is 23.2 Å². The van der Waals surface area contributed by atoms with Crippen molar-refractivity contribution >= 4 is 22.7 Å². The fraction of sp³-hybridized carbons (Fsp3) is 0.400. The van der Waals surface area contributed by atoms with Crippen LogP contribution < -0.4 is 5.32 Å². The number of thiazole rings is 2. The fourth-order valence-corrected chi connectivity index (χ4v) is 2.81. The number of nitrogens with one attached hydrogen (secondary N) is 1. The van der Waals surface area contributed by atoms with E-state index in [1.807, 2.05) is 23.2 Å². The summed E-state index contributed by atoms with van der Waals surface area (Å²) in [5, 5.41) is 9.64. The van der Waals surface area contributed by atoms with E-state index >= 15 is 0 Å². The zero-order chi connectivity index (χ0) is 10.7. The molecule has 1 N–H and O–H groups in total. The predicted molar refractivity (Wildman–Crippen MR) is 64.3 cm³/mol. The molecule has 0 aliphatic carbocycles. The van der Waals surface area contributed by atoms with Crippen molar-refractivity contribution in [2.45, 2.75) is 25.9 Å². The van der Waals surface area contributed by atoms with Crippen molar-refractivity contribution in [1.29, 1.82) is 0 Å². The van der Waals surface area contributed by atoms with Crippen LogP contribution in [0.2, 0.25) is 0 Å². The van der Waals surface area contributed by atoms with Gasteiger partial charge in [-0.05, 0) is 13.8 Å². The van der Waals surface area contributed by atoms with Crippen molar-refractivity contribution in [3.05, 3.63) is 33.2 Å². The summed E-state index contributed by atoms with van der Waals surface area (Å²) in [4.78, 5) is 8.70. The highest BCUT2D eigenvalue weighted by atomic mass is 32.1. The molecule has 0 unspecified atom stereocenters. The van der Waals surface area contributed by atoms with E-state index in [2.05, 4.69) is 29.1 Å². The Morgan fingerprint density at radius 3 is 1.93 bits per heavy atom. The maximum absolute atomic E-state index is 4.35. The third kappa shape index (κ3) is 2.62. The van der Waals surface area contributed by atoms with Gasteiger partial charge in [-0.1, -0.05) is 0 Å². The first-order chi connectivity index (χ1) is 7.27. The molecule has 2 heterocycles. The van der Waals surface area contributed by atoms with E-state index in [0.29, 0.717) is 6.04 Å². The van der Waals surface area contributed by atoms with Crippen LogP contribution in [0.25, 0.3) is 0 Å². The Bertz CT molecular complexity index is 346. The van der Waals surface area contributed by atoms with Crippen molar-refractivity contribution in [3.8, 4) is 0 Å². The van der Waals surface area contributed by atoms with Gasteiger partial charge in [0.2, 0.25) is 0 Å². The number of hydrogen-bond donors (Lipinski definition) is 1. The topological polar surface area (TPSA) is 37.8 Å². The molecule has 0 aliphatic rings. The van der Waals surface area contributed by atoms with Crippen LogP contribution in [0.5, 0.6) is 0 Å². The molecule has 15 heavy (non-hydrogen) atoms. The molecule has 2 rings (SSSR count). The largest absolute Gasteiger partial charge is 0.300 e. The quantitative estimate of drug-likeness (QED) is 0.891. The van der Waals surface area contributed by atoms with E-state index in [4.69, 9.17) is 0 Å². The maximum Gasteiger partial charge on any atom is 0.117 e. The fourth-order valence-electron chi connectivity index (χ4n) is 1.34. The Balaban J connectivity index is 2.25. The van der Waals surface area contributed by atoms with Crippen molar-refractivity contribution in [2.75, 3.05) is 0 Å². The molecule has 80 valence electrons. The normalized spacial score (nSPS) is 11.5. The lowest BCUT2D eigenvalue weighted by Crippen LogP contribution is -2.28. The smallest absolute Gasteiger partial charge is 0.117 e. The van der Waals surface area contributed by atoms with Gasteiger partial charge in [0.15, 0.2) is 0 Å². The number of rotatable bonds is 4. The summed E-state index contributed by atoms with van der Waals surface area (Å²) >= 11 is 3.33. The van der Waals surface area contributed by atoms with Crippen LogP contribution in [-0.4, -0.2) is 16.0 Å². The van der Waals surface area contributed by atoms with Gasteiger partial charge in [-0.2, -0.15) is 0 Å². The Labute approximate surface area is 97.2 Å². The van der Waals surface area contributed by atoms with Gasteiger partial charge >= 0.3 is 0 Å². The second kappa shape index (κ2) is 4.83. The molecule has 0 amide bonds. The second-order valence-electron chi connectivity index (χ2n) is 3.50. The highest BCUT2D eigenvalue weighted by molar-refractivity contribution is 7.11. The molecule has 0 radical (unpaired) electrons. The average molecular weight is 239 g/mol. The van der Waals surface area contributed by atoms with E-state index in [9.17, 15) is 0 Å². The Morgan fingerprint density at radius 2 is 1.60 bits per heavy atom. The van der Waals surface area contributed by atoms with E-state index in [-0.39, 0.29) is 6.04 Å². The van der Waals surface area contributed by atoms with Crippen LogP contribution in [0, 0.1) is 0 Å². The Morgan fingerprint density at radius 1 is 1.07 bits per heavy atom. The molecule has 5 heteroatoms. The van der Waals surface area contributed by atoms with Crippen LogP contribution in [0.3, 0.4) is 0 Å². The molecule has 0 saturated heterocycles. The van der Waals surface area contributed by atoms with Crippen molar-refractivity contribution in [3.63, 3.8) is 0 Å². The van der Waals surface area contributed by atoms with Crippen LogP contribution in [-0.2, 0) is 0 Å². The van der Waals surface area contributed by atoms with Gasteiger partial charge in [0.25, 0.3) is 0 Å². The highest BCUT2D eigenvalue weighted by Gasteiger charge is 2.19. The molecule has 2 aromatic heterocycles. The predicted octanol–water partition coefficient (Wildman–Crippen LogP) is 2.69. The third-order valence-corrected chi connectivity index (χ3v) is 3.58. The first-order valence-corrected chi connectivity index (χ1v) is 6.58. The first-order valence-electron chi connectivity index (χ1n) is 4.82. The minimum atomic E-state index is 0.144. The standard InChI is InChI=1S/C10H13N3S2/c1-7(2)13-8(9-11-3-5-14-9)10-12-4-6-15-10/h3-8,13H,1-2H3. The Hall–Kier alpha value is -0.780. The van der Waals surface area contributed by atoms with E-state index in [0.717, 1.165) is 10.0 Å². The molecule has 3 nitrogen and oxygen atoms in total. The zero-order valence-electron chi connectivity index (χ0n) is 8.68. The molecule has 0 bridgehead atoms. The summed E-state index contributed by atoms with van der Waals surface area (Å²) in [5.74, 6) is 0. The molecule has 0 aromatic carbocycles. The lowest BCUT2D eigenvalue weighted by Gasteiger charge is -2.16. The molecule has 0 saturated carbocycles. The molecular formula is C10H13N3S2. The van der Waals surface area contributed by atoms with E-state index in [1.165, 1.54) is 0 Å². The number of hydrogen-bond acceptors (Lipinski definition) is 5. The maximum atomic E-state index is 4.35. The van der Waals surface area contributed by atoms with Gasteiger partial charge < -0.3 is 5.32 Å². The molecular weight excluding hydrogens is 226 g/mol. The average Bonchev–Trinajstić information content (AvgIpc) is 2.87. The van der Waals surface area contributed by atoms with Gasteiger partial charge in [-0.3, -0.25) is 0 Å². The summed E-state index contributed by atoms with van der Waals surface area (Å²) in [7, 11) is 0. The Kier molecular flexibility index (Phi) is 3.45. The molecule has 0 spiro atoms. The minimum absolute atomic E-state index is 0.144. The minimum Gasteiger partial charge on any atom is -0.300 e. The summed E-state index contributed by atoms with van der Waals surface area (Å²) in [6.07, 6.45) is 3.67. The number of nitrogens with zero attached hydrogens (tertiary/aromatic N) is 2. The van der Waals surface area contributed by atoms with Crippen molar-refractivity contribution in [1.82, 2.24) is 15.3 Å². The lowest BCUT2D eigenvalue weighted by molar-refractivity contribution is 0.525. The monoisotopic (exact) mass is 239 g/mol. The summed E-state index contributed by atoms with van der Waals surface area (Å²) in [5.41, 5.74) is 0. The lowest BCUT2D eigenvalue weighted by atomic mass is 10.2.